The van der Waals surface area contributed by atoms with E-state index in [2.05, 4.69) is 25.5 Å². The van der Waals surface area contributed by atoms with Crippen LogP contribution in [0.2, 0.25) is 0 Å². The summed E-state index contributed by atoms with van der Waals surface area (Å²) in [4.78, 5) is 14.6. The van der Waals surface area contributed by atoms with E-state index in [-0.39, 0.29) is 29.0 Å². The molecule has 8 heteroatoms. The lowest BCUT2D eigenvalue weighted by Gasteiger charge is -2.23. The standard InChI is InChI=1S/C26H28F2N2O3S/c1-26(2,3)20-7-15-24(16-8-20)34(32,33)29-17-4-18-30(23-13-11-22(28)12-14-23)25(31)19-5-9-21(27)10-6-19/h5-16,29H,4,17-18H2,1-3H3. The van der Waals surface area contributed by atoms with Crippen molar-refractivity contribution in [2.24, 2.45) is 0 Å². The highest BCUT2D eigenvalue weighted by Gasteiger charge is 2.20. The van der Waals surface area contributed by atoms with Crippen molar-refractivity contribution in [1.29, 1.82) is 0 Å². The monoisotopic (exact) mass is 486 g/mol. The molecule has 0 aromatic heterocycles. The number of hydrogen-bond acceptors (Lipinski definition) is 3. The van der Waals surface area contributed by atoms with Crippen molar-refractivity contribution in [2.75, 3.05) is 18.0 Å². The molecule has 0 atom stereocenters. The summed E-state index contributed by atoms with van der Waals surface area (Å²) in [6, 6.07) is 17.3. The third-order valence-corrected chi connectivity index (χ3v) is 6.83. The van der Waals surface area contributed by atoms with Gasteiger partial charge in [0.1, 0.15) is 11.6 Å². The van der Waals surface area contributed by atoms with Gasteiger partial charge < -0.3 is 4.90 Å². The van der Waals surface area contributed by atoms with Crippen molar-refractivity contribution in [3.8, 4) is 0 Å². The van der Waals surface area contributed by atoms with Crippen molar-refractivity contribution >= 4 is 21.6 Å². The second-order valence-corrected chi connectivity index (χ2v) is 10.7. The Kier molecular flexibility index (Phi) is 7.84. The first-order valence-corrected chi connectivity index (χ1v) is 12.4. The van der Waals surface area contributed by atoms with E-state index in [0.29, 0.717) is 12.1 Å². The van der Waals surface area contributed by atoms with E-state index >= 15 is 0 Å². The number of rotatable bonds is 8. The first kappa shape index (κ1) is 25.5. The fourth-order valence-corrected chi connectivity index (χ4v) is 4.45. The molecule has 1 amide bonds. The predicted octanol–water partition coefficient (Wildman–Crippen LogP) is 5.28. The van der Waals surface area contributed by atoms with Crippen molar-refractivity contribution in [1.82, 2.24) is 4.72 Å². The number of nitrogens with one attached hydrogen (secondary N) is 1. The summed E-state index contributed by atoms with van der Waals surface area (Å²) in [5.41, 5.74) is 1.67. The first-order valence-electron chi connectivity index (χ1n) is 10.9. The quantitative estimate of drug-likeness (QED) is 0.441. The van der Waals surface area contributed by atoms with Gasteiger partial charge in [0.2, 0.25) is 10.0 Å². The molecule has 0 spiro atoms. The molecule has 0 unspecified atom stereocenters. The van der Waals surface area contributed by atoms with E-state index in [1.165, 1.54) is 53.4 Å². The molecule has 3 aromatic carbocycles. The number of benzene rings is 3. The minimum atomic E-state index is -3.71. The molecule has 0 radical (unpaired) electrons. The lowest BCUT2D eigenvalue weighted by atomic mass is 9.87. The maximum Gasteiger partial charge on any atom is 0.258 e. The molecule has 3 rings (SSSR count). The SMILES string of the molecule is CC(C)(C)c1ccc(S(=O)(=O)NCCCN(C(=O)c2ccc(F)cc2)c2ccc(F)cc2)cc1. The van der Waals surface area contributed by atoms with E-state index in [0.717, 1.165) is 5.56 Å². The van der Waals surface area contributed by atoms with E-state index in [1.54, 1.807) is 24.3 Å². The summed E-state index contributed by atoms with van der Waals surface area (Å²) in [5, 5.41) is 0. The van der Waals surface area contributed by atoms with E-state index < -0.39 is 27.6 Å². The molecule has 0 aliphatic carbocycles. The number of carbonyl (C=O) groups is 1. The topological polar surface area (TPSA) is 66.5 Å². The highest BCUT2D eigenvalue weighted by atomic mass is 32.2. The van der Waals surface area contributed by atoms with Crippen molar-refractivity contribution < 1.29 is 22.0 Å². The Balaban J connectivity index is 1.68. The van der Waals surface area contributed by atoms with Crippen molar-refractivity contribution in [3.05, 3.63) is 95.6 Å². The summed E-state index contributed by atoms with van der Waals surface area (Å²) in [5.74, 6) is -1.30. The normalized spacial score (nSPS) is 11.9. The van der Waals surface area contributed by atoms with E-state index in [4.69, 9.17) is 0 Å². The van der Waals surface area contributed by atoms with Crippen molar-refractivity contribution in [2.45, 2.75) is 37.5 Å². The van der Waals surface area contributed by atoms with Gasteiger partial charge in [-0.15, -0.1) is 0 Å². The first-order chi connectivity index (χ1) is 16.0. The zero-order chi connectivity index (χ0) is 24.9. The lowest BCUT2D eigenvalue weighted by molar-refractivity contribution is 0.0986. The molecule has 3 aromatic rings. The molecule has 0 saturated carbocycles. The number of sulfonamides is 1. The lowest BCUT2D eigenvalue weighted by Crippen LogP contribution is -2.34. The average molecular weight is 487 g/mol. The van der Waals surface area contributed by atoms with Crippen LogP contribution in [0.3, 0.4) is 0 Å². The Morgan fingerprint density at radius 1 is 0.853 bits per heavy atom. The molecule has 34 heavy (non-hydrogen) atoms. The molecule has 0 aliphatic heterocycles. The molecule has 0 saturated heterocycles. The van der Waals surface area contributed by atoms with Crippen LogP contribution in [0.4, 0.5) is 14.5 Å². The van der Waals surface area contributed by atoms with Crippen LogP contribution >= 0.6 is 0 Å². The van der Waals surface area contributed by atoms with Crippen LogP contribution in [0, 0.1) is 11.6 Å². The summed E-state index contributed by atoms with van der Waals surface area (Å²) in [6.45, 7) is 6.42. The molecular formula is C26H28F2N2O3S. The zero-order valence-electron chi connectivity index (χ0n) is 19.4. The number of amides is 1. The molecular weight excluding hydrogens is 458 g/mol. The molecule has 0 bridgehead atoms. The third-order valence-electron chi connectivity index (χ3n) is 5.36. The largest absolute Gasteiger partial charge is 0.308 e. The van der Waals surface area contributed by atoms with Gasteiger partial charge in [-0.25, -0.2) is 21.9 Å². The third kappa shape index (κ3) is 6.48. The van der Waals surface area contributed by atoms with Gasteiger partial charge in [0, 0.05) is 24.3 Å². The maximum atomic E-state index is 13.4. The molecule has 0 heterocycles. The number of hydrogen-bond donors (Lipinski definition) is 1. The average Bonchev–Trinajstić information content (AvgIpc) is 2.79. The van der Waals surface area contributed by atoms with E-state index in [1.807, 2.05) is 0 Å². The Morgan fingerprint density at radius 2 is 1.38 bits per heavy atom. The predicted molar refractivity (Wildman–Crippen MR) is 129 cm³/mol. The second-order valence-electron chi connectivity index (χ2n) is 8.97. The summed E-state index contributed by atoms with van der Waals surface area (Å²) < 4.78 is 54.5. The fraction of sp³-hybridized carbons (Fsp3) is 0.269. The van der Waals surface area contributed by atoms with Gasteiger partial charge in [0.05, 0.1) is 4.90 Å². The highest BCUT2D eigenvalue weighted by Crippen LogP contribution is 2.23. The summed E-state index contributed by atoms with van der Waals surface area (Å²) in [6.07, 6.45) is 0.309. The van der Waals surface area contributed by atoms with Gasteiger partial charge in [-0.05, 0) is 78.1 Å². The molecule has 0 fully saturated rings. The molecule has 180 valence electrons. The van der Waals surface area contributed by atoms with Crippen LogP contribution in [0.25, 0.3) is 0 Å². The summed E-state index contributed by atoms with van der Waals surface area (Å²) >= 11 is 0. The van der Waals surface area contributed by atoms with Crippen LogP contribution in [-0.4, -0.2) is 27.4 Å². The van der Waals surface area contributed by atoms with Gasteiger partial charge in [-0.2, -0.15) is 0 Å². The molecule has 1 N–H and O–H groups in total. The highest BCUT2D eigenvalue weighted by molar-refractivity contribution is 7.89. The number of carbonyl (C=O) groups excluding carboxylic acids is 1. The van der Waals surface area contributed by atoms with Gasteiger partial charge in [0.15, 0.2) is 0 Å². The van der Waals surface area contributed by atoms with Crippen LogP contribution in [0.5, 0.6) is 0 Å². The maximum absolute atomic E-state index is 13.4. The summed E-state index contributed by atoms with van der Waals surface area (Å²) in [7, 11) is -3.71. The van der Waals surface area contributed by atoms with Crippen molar-refractivity contribution in [3.63, 3.8) is 0 Å². The van der Waals surface area contributed by atoms with Gasteiger partial charge in [-0.1, -0.05) is 32.9 Å². The number of anilines is 1. The fourth-order valence-electron chi connectivity index (χ4n) is 3.38. The Morgan fingerprint density at radius 3 is 1.91 bits per heavy atom. The molecule has 5 nitrogen and oxygen atoms in total. The number of halogens is 2. The zero-order valence-corrected chi connectivity index (χ0v) is 20.2. The van der Waals surface area contributed by atoms with Crippen LogP contribution in [0.1, 0.15) is 43.1 Å². The van der Waals surface area contributed by atoms with Gasteiger partial charge in [-0.3, -0.25) is 4.79 Å². The Labute approximate surface area is 199 Å². The van der Waals surface area contributed by atoms with Crippen LogP contribution in [-0.2, 0) is 15.4 Å². The smallest absolute Gasteiger partial charge is 0.258 e. The van der Waals surface area contributed by atoms with Gasteiger partial charge in [0.25, 0.3) is 5.91 Å². The molecule has 0 aliphatic rings. The minimum absolute atomic E-state index is 0.0867. The van der Waals surface area contributed by atoms with Crippen LogP contribution in [0.15, 0.2) is 77.7 Å². The Hall–Kier alpha value is -3.10. The second kappa shape index (κ2) is 10.4. The minimum Gasteiger partial charge on any atom is -0.308 e. The number of nitrogens with zero attached hydrogens (tertiary/aromatic N) is 1. The van der Waals surface area contributed by atoms with Crippen LogP contribution < -0.4 is 9.62 Å². The van der Waals surface area contributed by atoms with Gasteiger partial charge >= 0.3 is 0 Å². The van der Waals surface area contributed by atoms with E-state index in [9.17, 15) is 22.0 Å². The Bertz CT molecular complexity index is 1220.